The fraction of sp³-hybridized carbons (Fsp3) is 0.333. The molecule has 3 heterocycles. The van der Waals surface area contributed by atoms with Gasteiger partial charge in [-0.1, -0.05) is 28.4 Å². The Bertz CT molecular complexity index is 1600. The topological polar surface area (TPSA) is 131 Å². The molecule has 4 aromatic rings. The quantitative estimate of drug-likeness (QED) is 0.208. The zero-order valence-electron chi connectivity index (χ0n) is 20.6. The van der Waals surface area contributed by atoms with Crippen molar-refractivity contribution in [1.29, 1.82) is 0 Å². The molecule has 3 N–H and O–H groups in total. The second-order valence-corrected chi connectivity index (χ2v) is 10.8. The molecule has 1 fully saturated rings. The van der Waals surface area contributed by atoms with E-state index in [-0.39, 0.29) is 33.0 Å². The lowest BCUT2D eigenvalue weighted by molar-refractivity contribution is -0.210. The van der Waals surface area contributed by atoms with E-state index in [0.717, 1.165) is 27.6 Å². The Hall–Kier alpha value is -2.66. The molecule has 1 aliphatic rings. The molecule has 0 unspecified atom stereocenters. The van der Waals surface area contributed by atoms with Crippen molar-refractivity contribution in [2.75, 3.05) is 6.61 Å². The second-order valence-electron chi connectivity index (χ2n) is 9.14. The Morgan fingerprint density at radius 3 is 2.54 bits per heavy atom. The minimum Gasteiger partial charge on any atom is -0.394 e. The van der Waals surface area contributed by atoms with Crippen LogP contribution < -0.4 is 0 Å². The van der Waals surface area contributed by atoms with Gasteiger partial charge in [-0.2, -0.15) is 18.3 Å². The second kappa shape index (κ2) is 11.2. The van der Waals surface area contributed by atoms with Crippen molar-refractivity contribution in [3.63, 3.8) is 0 Å². The monoisotopic (exact) mass is 680 g/mol. The highest BCUT2D eigenvalue weighted by molar-refractivity contribution is 9.10. The van der Waals surface area contributed by atoms with E-state index in [9.17, 15) is 32.9 Å². The number of rotatable bonds is 5. The molecule has 41 heavy (non-hydrogen) atoms. The van der Waals surface area contributed by atoms with Gasteiger partial charge in [-0.25, -0.2) is 18.7 Å². The van der Waals surface area contributed by atoms with E-state index in [4.69, 9.17) is 27.9 Å². The zero-order valence-corrected chi connectivity index (χ0v) is 23.7. The summed E-state index contributed by atoms with van der Waals surface area (Å²) in [6, 6.07) is 4.41. The predicted octanol–water partition coefficient (Wildman–Crippen LogP) is 4.46. The maximum atomic E-state index is 14.8. The number of halogens is 7. The minimum atomic E-state index is -4.79. The van der Waals surface area contributed by atoms with Gasteiger partial charge in [-0.05, 0) is 53.2 Å². The molecule has 0 spiro atoms. The minimum absolute atomic E-state index is 0.00708. The van der Waals surface area contributed by atoms with Crippen molar-refractivity contribution < 1.29 is 37.6 Å². The van der Waals surface area contributed by atoms with Crippen LogP contribution in [0.5, 0.6) is 0 Å². The smallest absolute Gasteiger partial charge is 0.394 e. The summed E-state index contributed by atoms with van der Waals surface area (Å²) in [6.45, 7) is 0.682. The summed E-state index contributed by atoms with van der Waals surface area (Å²) in [6.07, 6.45) is -9.70. The van der Waals surface area contributed by atoms with E-state index in [0.29, 0.717) is 4.47 Å². The largest absolute Gasteiger partial charge is 0.418 e. The Kier molecular flexibility index (Phi) is 8.15. The van der Waals surface area contributed by atoms with Gasteiger partial charge in [-0.15, -0.1) is 5.10 Å². The van der Waals surface area contributed by atoms with Crippen LogP contribution in [0.3, 0.4) is 0 Å². The highest BCUT2D eigenvalue weighted by atomic mass is 79.9. The predicted molar refractivity (Wildman–Crippen MR) is 140 cm³/mol. The summed E-state index contributed by atoms with van der Waals surface area (Å²) in [5, 5.41) is 44.0. The number of alkyl halides is 3. The molecule has 218 valence electrons. The zero-order chi connectivity index (χ0) is 29.8. The van der Waals surface area contributed by atoms with Gasteiger partial charge in [0.2, 0.25) is 0 Å². The number of aryl methyl sites for hydroxylation is 1. The first kappa shape index (κ1) is 29.8. The number of benzene rings is 2. The van der Waals surface area contributed by atoms with Crippen LogP contribution in [0.4, 0.5) is 17.6 Å². The lowest BCUT2D eigenvalue weighted by Gasteiger charge is -2.41. The first-order chi connectivity index (χ1) is 19.3. The number of aliphatic hydroxyl groups is 3. The third-order valence-corrected chi connectivity index (χ3v) is 8.00. The SMILES string of the molecule is Cc1nc([C@@H]2O[C@H](CO)[C@H](O)[C@H](n3cc(-c4ccc(Br)c(Cl)c4F)nn3)[C@H]2O)n(-c2cc(Cl)ccc2C(F)(F)F)n1. The molecule has 2 aromatic heterocycles. The molecule has 0 saturated carbocycles. The number of ether oxygens (including phenoxy) is 1. The summed E-state index contributed by atoms with van der Waals surface area (Å²) in [5.74, 6) is -1.01. The first-order valence-corrected chi connectivity index (χ1v) is 13.4. The molecule has 5 rings (SSSR count). The summed E-state index contributed by atoms with van der Waals surface area (Å²) in [5.41, 5.74) is -1.57. The lowest BCUT2D eigenvalue weighted by Crippen LogP contribution is -2.53. The van der Waals surface area contributed by atoms with Gasteiger partial charge >= 0.3 is 6.18 Å². The van der Waals surface area contributed by atoms with E-state index in [1.807, 2.05) is 0 Å². The molecule has 10 nitrogen and oxygen atoms in total. The summed E-state index contributed by atoms with van der Waals surface area (Å²) in [4.78, 5) is 4.20. The van der Waals surface area contributed by atoms with E-state index in [2.05, 4.69) is 36.3 Å². The van der Waals surface area contributed by atoms with Gasteiger partial charge in [0.25, 0.3) is 0 Å². The van der Waals surface area contributed by atoms with Crippen molar-refractivity contribution in [3.8, 4) is 16.9 Å². The highest BCUT2D eigenvalue weighted by Gasteiger charge is 2.49. The van der Waals surface area contributed by atoms with E-state index < -0.39 is 60.3 Å². The molecule has 1 aliphatic heterocycles. The van der Waals surface area contributed by atoms with Crippen molar-refractivity contribution in [1.82, 2.24) is 29.8 Å². The Balaban J connectivity index is 1.59. The van der Waals surface area contributed by atoms with Crippen LogP contribution in [0.2, 0.25) is 10.0 Å². The van der Waals surface area contributed by atoms with Gasteiger partial charge in [0.05, 0.1) is 29.1 Å². The van der Waals surface area contributed by atoms with Crippen molar-refractivity contribution >= 4 is 39.1 Å². The number of aliphatic hydroxyl groups excluding tert-OH is 3. The van der Waals surface area contributed by atoms with Crippen LogP contribution in [-0.4, -0.2) is 70.0 Å². The Morgan fingerprint density at radius 2 is 1.85 bits per heavy atom. The molecular formula is C24H19BrCl2F4N6O4. The summed E-state index contributed by atoms with van der Waals surface area (Å²) in [7, 11) is 0. The van der Waals surface area contributed by atoms with Crippen molar-refractivity contribution in [2.45, 2.75) is 43.6 Å². The van der Waals surface area contributed by atoms with Crippen LogP contribution in [0.25, 0.3) is 16.9 Å². The molecule has 2 aromatic carbocycles. The fourth-order valence-electron chi connectivity index (χ4n) is 4.61. The highest BCUT2D eigenvalue weighted by Crippen LogP contribution is 2.41. The van der Waals surface area contributed by atoms with Crippen LogP contribution in [0.15, 0.2) is 41.0 Å². The Morgan fingerprint density at radius 1 is 1.12 bits per heavy atom. The fourth-order valence-corrected chi connectivity index (χ4v) is 5.25. The average molecular weight is 682 g/mol. The Labute approximate surface area is 247 Å². The third-order valence-electron chi connectivity index (χ3n) is 6.51. The number of hydrogen-bond donors (Lipinski definition) is 3. The average Bonchev–Trinajstić information content (AvgIpc) is 3.54. The lowest BCUT2D eigenvalue weighted by atomic mass is 9.92. The van der Waals surface area contributed by atoms with Gasteiger partial charge in [0.15, 0.2) is 11.6 Å². The maximum absolute atomic E-state index is 14.8. The molecule has 0 amide bonds. The molecule has 5 atom stereocenters. The van der Waals surface area contributed by atoms with E-state index >= 15 is 0 Å². The van der Waals surface area contributed by atoms with E-state index in [1.165, 1.54) is 25.3 Å². The molecule has 17 heteroatoms. The van der Waals surface area contributed by atoms with Crippen LogP contribution in [0, 0.1) is 12.7 Å². The first-order valence-electron chi connectivity index (χ1n) is 11.8. The standard InChI is InChI=1S/C24H19BrCl2F4N6O4/c1-9-32-23(37(34-9)15-6-10(26)2-4-12(15)24(29,30)31)22-21(40)19(20(39)16(8-38)41-22)36-7-14(33-35-36)11-3-5-13(25)17(27)18(11)28/h2-7,16,19-22,38-40H,8H2,1H3/t16-,19+,20+,21-,22-/m1/s1. The van der Waals surface area contributed by atoms with Gasteiger partial charge < -0.3 is 20.1 Å². The van der Waals surface area contributed by atoms with Crippen molar-refractivity contribution in [3.05, 3.63) is 74.1 Å². The summed E-state index contributed by atoms with van der Waals surface area (Å²) < 4.78 is 64.4. The molecule has 0 bridgehead atoms. The van der Waals surface area contributed by atoms with Gasteiger partial charge in [-0.3, -0.25) is 0 Å². The normalized spacial score (nSPS) is 23.2. The molecular weight excluding hydrogens is 663 g/mol. The summed E-state index contributed by atoms with van der Waals surface area (Å²) >= 11 is 15.1. The molecule has 0 radical (unpaired) electrons. The van der Waals surface area contributed by atoms with Crippen molar-refractivity contribution in [2.24, 2.45) is 0 Å². The van der Waals surface area contributed by atoms with Crippen LogP contribution in [-0.2, 0) is 10.9 Å². The number of aromatic nitrogens is 6. The molecule has 1 saturated heterocycles. The van der Waals surface area contributed by atoms with E-state index in [1.54, 1.807) is 0 Å². The number of hydrogen-bond acceptors (Lipinski definition) is 8. The van der Waals surface area contributed by atoms with Crippen LogP contribution in [0.1, 0.15) is 29.4 Å². The van der Waals surface area contributed by atoms with Gasteiger partial charge in [0, 0.05) is 15.1 Å². The third kappa shape index (κ3) is 5.47. The van der Waals surface area contributed by atoms with Gasteiger partial charge in [0.1, 0.15) is 42.0 Å². The number of nitrogens with zero attached hydrogens (tertiary/aromatic N) is 6. The maximum Gasteiger partial charge on any atom is 0.418 e. The molecule has 0 aliphatic carbocycles. The van der Waals surface area contributed by atoms with Crippen LogP contribution >= 0.6 is 39.1 Å².